The number of aromatic nitrogens is 1. The zero-order valence-corrected chi connectivity index (χ0v) is 16.9. The smallest absolute Gasteiger partial charge is 0.330 e. The molecule has 0 saturated carbocycles. The lowest BCUT2D eigenvalue weighted by molar-refractivity contribution is -0.146. The zero-order chi connectivity index (χ0) is 19.9. The third kappa shape index (κ3) is 4.96. The molecule has 0 saturated heterocycles. The predicted molar refractivity (Wildman–Crippen MR) is 103 cm³/mol. The highest BCUT2D eigenvalue weighted by molar-refractivity contribution is 5.97. The number of hydrogen-bond acceptors (Lipinski definition) is 4. The van der Waals surface area contributed by atoms with Crippen molar-refractivity contribution >= 4 is 11.9 Å². The lowest BCUT2D eigenvalue weighted by atomic mass is 10.0. The van der Waals surface area contributed by atoms with E-state index in [1.165, 1.54) is 7.11 Å². The SMILES string of the molecule is CCCCn1c(CCC)c(CC)cc(C(=O)NC(C)(C)C(=O)OC)c1=O. The zero-order valence-electron chi connectivity index (χ0n) is 16.9. The molecule has 1 aromatic heterocycles. The summed E-state index contributed by atoms with van der Waals surface area (Å²) >= 11 is 0. The van der Waals surface area contributed by atoms with Crippen LogP contribution in [0.2, 0.25) is 0 Å². The Morgan fingerprint density at radius 2 is 1.85 bits per heavy atom. The van der Waals surface area contributed by atoms with E-state index in [4.69, 9.17) is 4.74 Å². The van der Waals surface area contributed by atoms with E-state index in [1.807, 2.05) is 6.92 Å². The number of pyridine rings is 1. The molecule has 0 aliphatic rings. The number of rotatable bonds is 9. The van der Waals surface area contributed by atoms with E-state index < -0.39 is 17.4 Å². The van der Waals surface area contributed by atoms with Gasteiger partial charge in [0.1, 0.15) is 11.1 Å². The fraction of sp³-hybridized carbons (Fsp3) is 0.650. The number of esters is 1. The lowest BCUT2D eigenvalue weighted by Gasteiger charge is -2.24. The third-order valence-electron chi connectivity index (χ3n) is 4.46. The molecular weight excluding hydrogens is 332 g/mol. The van der Waals surface area contributed by atoms with Crippen LogP contribution in [-0.4, -0.2) is 29.1 Å². The first-order valence-electron chi connectivity index (χ1n) is 9.39. The number of aryl methyl sites for hydroxylation is 1. The van der Waals surface area contributed by atoms with Gasteiger partial charge in [0.15, 0.2) is 0 Å². The van der Waals surface area contributed by atoms with Crippen LogP contribution in [0.25, 0.3) is 0 Å². The number of nitrogens with zero attached hydrogens (tertiary/aromatic N) is 1. The van der Waals surface area contributed by atoms with Gasteiger partial charge in [-0.1, -0.05) is 33.6 Å². The van der Waals surface area contributed by atoms with E-state index in [-0.39, 0.29) is 11.1 Å². The highest BCUT2D eigenvalue weighted by Gasteiger charge is 2.32. The maximum atomic E-state index is 13.0. The van der Waals surface area contributed by atoms with Gasteiger partial charge in [0.05, 0.1) is 7.11 Å². The Labute approximate surface area is 155 Å². The van der Waals surface area contributed by atoms with E-state index >= 15 is 0 Å². The maximum absolute atomic E-state index is 13.0. The summed E-state index contributed by atoms with van der Waals surface area (Å²) in [5.74, 6) is -1.11. The first kappa shape index (κ1) is 21.9. The lowest BCUT2D eigenvalue weighted by Crippen LogP contribution is -2.51. The standard InChI is InChI=1S/C20H32N2O4/c1-7-10-12-22-16(11-8-2)14(9-3)13-15(18(22)24)17(23)21-20(4,5)19(25)26-6/h13H,7-12H2,1-6H3,(H,21,23). The van der Waals surface area contributed by atoms with Crippen LogP contribution in [-0.2, 0) is 28.9 Å². The van der Waals surface area contributed by atoms with E-state index in [0.29, 0.717) is 6.54 Å². The molecule has 1 N–H and O–H groups in total. The van der Waals surface area contributed by atoms with E-state index in [2.05, 4.69) is 19.2 Å². The minimum atomic E-state index is -1.21. The number of amides is 1. The van der Waals surface area contributed by atoms with Crippen LogP contribution in [0.5, 0.6) is 0 Å². The fourth-order valence-electron chi connectivity index (χ4n) is 2.97. The average molecular weight is 364 g/mol. The molecule has 1 amide bonds. The number of nitrogens with one attached hydrogen (secondary N) is 1. The van der Waals surface area contributed by atoms with Crippen molar-refractivity contribution in [3.63, 3.8) is 0 Å². The monoisotopic (exact) mass is 364 g/mol. The van der Waals surface area contributed by atoms with Crippen LogP contribution in [0, 0.1) is 0 Å². The second-order valence-corrected chi connectivity index (χ2v) is 7.01. The normalized spacial score (nSPS) is 11.3. The molecular formula is C20H32N2O4. The molecule has 26 heavy (non-hydrogen) atoms. The summed E-state index contributed by atoms with van der Waals surface area (Å²) in [6.45, 7) is 9.87. The topological polar surface area (TPSA) is 77.4 Å². The number of methoxy groups -OCH3 is 1. The minimum absolute atomic E-state index is 0.0785. The molecule has 0 spiro atoms. The molecule has 0 radical (unpaired) electrons. The van der Waals surface area contributed by atoms with Gasteiger partial charge in [0, 0.05) is 12.2 Å². The van der Waals surface area contributed by atoms with E-state index in [0.717, 1.165) is 43.4 Å². The molecule has 0 atom stereocenters. The largest absolute Gasteiger partial charge is 0.467 e. The summed E-state index contributed by atoms with van der Waals surface area (Å²) in [5.41, 5.74) is 0.592. The Kier molecular flexibility index (Phi) is 8.06. The Balaban J connectivity index is 3.41. The molecule has 0 aliphatic carbocycles. The Bertz CT molecular complexity index is 704. The molecule has 6 heteroatoms. The summed E-state index contributed by atoms with van der Waals surface area (Å²) in [4.78, 5) is 37.6. The fourth-order valence-corrected chi connectivity index (χ4v) is 2.97. The van der Waals surface area contributed by atoms with Gasteiger partial charge >= 0.3 is 5.97 Å². The maximum Gasteiger partial charge on any atom is 0.330 e. The second kappa shape index (κ2) is 9.55. The summed E-state index contributed by atoms with van der Waals surface area (Å²) in [7, 11) is 1.27. The quantitative estimate of drug-likeness (QED) is 0.684. The number of carbonyl (C=O) groups is 2. The molecule has 6 nitrogen and oxygen atoms in total. The van der Waals surface area contributed by atoms with E-state index in [9.17, 15) is 14.4 Å². The first-order valence-corrected chi connectivity index (χ1v) is 9.39. The van der Waals surface area contributed by atoms with Crippen LogP contribution in [0.3, 0.4) is 0 Å². The summed E-state index contributed by atoms with van der Waals surface area (Å²) in [6.07, 6.45) is 4.31. The third-order valence-corrected chi connectivity index (χ3v) is 4.46. The van der Waals surface area contributed by atoms with E-state index in [1.54, 1.807) is 24.5 Å². The van der Waals surface area contributed by atoms with Gasteiger partial charge in [-0.25, -0.2) is 4.79 Å². The van der Waals surface area contributed by atoms with Gasteiger partial charge in [0.2, 0.25) is 0 Å². The van der Waals surface area contributed by atoms with Crippen LogP contribution >= 0.6 is 0 Å². The summed E-state index contributed by atoms with van der Waals surface area (Å²) in [5, 5.41) is 2.62. The highest BCUT2D eigenvalue weighted by atomic mass is 16.5. The highest BCUT2D eigenvalue weighted by Crippen LogP contribution is 2.15. The van der Waals surface area contributed by atoms with Gasteiger partial charge in [-0.05, 0) is 44.7 Å². The molecule has 1 heterocycles. The van der Waals surface area contributed by atoms with Crippen LogP contribution in [0.4, 0.5) is 0 Å². The molecule has 0 fully saturated rings. The molecule has 0 aliphatic heterocycles. The van der Waals surface area contributed by atoms with Crippen molar-refractivity contribution in [3.8, 4) is 0 Å². The van der Waals surface area contributed by atoms with Crippen molar-refractivity contribution in [2.24, 2.45) is 0 Å². The van der Waals surface area contributed by atoms with Gasteiger partial charge in [-0.2, -0.15) is 0 Å². The molecule has 0 aromatic carbocycles. The Hall–Kier alpha value is -2.11. The van der Waals surface area contributed by atoms with Crippen molar-refractivity contribution in [1.29, 1.82) is 0 Å². The Morgan fingerprint density at radius 1 is 1.19 bits per heavy atom. The van der Waals surface area contributed by atoms with Crippen LogP contribution in [0.1, 0.15) is 75.5 Å². The van der Waals surface area contributed by atoms with Crippen molar-refractivity contribution in [2.45, 2.75) is 78.8 Å². The predicted octanol–water partition coefficient (Wildman–Crippen LogP) is 2.84. The number of unbranched alkanes of at least 4 members (excludes halogenated alkanes) is 1. The van der Waals surface area contributed by atoms with Crippen molar-refractivity contribution in [2.75, 3.05) is 7.11 Å². The van der Waals surface area contributed by atoms with Crippen molar-refractivity contribution < 1.29 is 14.3 Å². The van der Waals surface area contributed by atoms with Crippen LogP contribution in [0.15, 0.2) is 10.9 Å². The number of hydrogen-bond donors (Lipinski definition) is 1. The van der Waals surface area contributed by atoms with Crippen molar-refractivity contribution in [3.05, 3.63) is 33.2 Å². The van der Waals surface area contributed by atoms with Gasteiger partial charge in [-0.3, -0.25) is 9.59 Å². The Morgan fingerprint density at radius 3 is 2.35 bits per heavy atom. The van der Waals surface area contributed by atoms with Gasteiger partial charge in [-0.15, -0.1) is 0 Å². The number of carbonyl (C=O) groups excluding carboxylic acids is 2. The molecule has 0 bridgehead atoms. The summed E-state index contributed by atoms with van der Waals surface area (Å²) in [6, 6.07) is 1.68. The van der Waals surface area contributed by atoms with Crippen molar-refractivity contribution in [1.82, 2.24) is 9.88 Å². The van der Waals surface area contributed by atoms with Crippen LogP contribution < -0.4 is 10.9 Å². The average Bonchev–Trinajstić information content (AvgIpc) is 2.60. The minimum Gasteiger partial charge on any atom is -0.467 e. The number of ether oxygens (including phenoxy) is 1. The molecule has 146 valence electrons. The second-order valence-electron chi connectivity index (χ2n) is 7.01. The first-order chi connectivity index (χ1) is 12.2. The van der Waals surface area contributed by atoms with Gasteiger partial charge in [0.25, 0.3) is 11.5 Å². The summed E-state index contributed by atoms with van der Waals surface area (Å²) < 4.78 is 6.46. The molecule has 0 unspecified atom stereocenters. The van der Waals surface area contributed by atoms with Gasteiger partial charge < -0.3 is 14.6 Å². The molecule has 1 rings (SSSR count). The molecule has 1 aromatic rings.